The Labute approximate surface area is 113 Å². The number of carbonyl (C=O) groups excluding carboxylic acids is 1. The van der Waals surface area contributed by atoms with Crippen molar-refractivity contribution >= 4 is 17.5 Å². The van der Waals surface area contributed by atoms with Crippen molar-refractivity contribution in [3.8, 4) is 0 Å². The summed E-state index contributed by atoms with van der Waals surface area (Å²) in [6.07, 6.45) is 3.62. The SMILES string of the molecule is Cc1cc(C(=O)NCC2CCCCN2)ccc1Cl. The number of nitrogens with one attached hydrogen (secondary N) is 2. The van der Waals surface area contributed by atoms with Crippen molar-refractivity contribution in [2.24, 2.45) is 0 Å². The molecule has 1 aromatic rings. The van der Waals surface area contributed by atoms with Crippen LogP contribution >= 0.6 is 11.6 Å². The average molecular weight is 267 g/mol. The van der Waals surface area contributed by atoms with Crippen LogP contribution in [0, 0.1) is 6.92 Å². The van der Waals surface area contributed by atoms with Gasteiger partial charge < -0.3 is 10.6 Å². The van der Waals surface area contributed by atoms with E-state index >= 15 is 0 Å². The molecule has 1 atom stereocenters. The molecule has 1 aliphatic heterocycles. The average Bonchev–Trinajstić information content (AvgIpc) is 2.40. The fourth-order valence-electron chi connectivity index (χ4n) is 2.20. The topological polar surface area (TPSA) is 41.1 Å². The lowest BCUT2D eigenvalue weighted by Gasteiger charge is -2.23. The van der Waals surface area contributed by atoms with Gasteiger partial charge in [0, 0.05) is 23.2 Å². The van der Waals surface area contributed by atoms with E-state index in [0.29, 0.717) is 23.2 Å². The second kappa shape index (κ2) is 6.21. The zero-order chi connectivity index (χ0) is 13.0. The molecular weight excluding hydrogens is 248 g/mol. The van der Waals surface area contributed by atoms with E-state index < -0.39 is 0 Å². The molecule has 0 aliphatic carbocycles. The first-order valence-corrected chi connectivity index (χ1v) is 6.82. The molecule has 2 rings (SSSR count). The van der Waals surface area contributed by atoms with Crippen LogP contribution in [0.4, 0.5) is 0 Å². The molecule has 0 radical (unpaired) electrons. The predicted octanol–water partition coefficient (Wildman–Crippen LogP) is 2.52. The van der Waals surface area contributed by atoms with Crippen LogP contribution in [0.15, 0.2) is 18.2 Å². The van der Waals surface area contributed by atoms with Crippen molar-refractivity contribution < 1.29 is 4.79 Å². The van der Waals surface area contributed by atoms with E-state index in [2.05, 4.69) is 10.6 Å². The highest BCUT2D eigenvalue weighted by molar-refractivity contribution is 6.31. The monoisotopic (exact) mass is 266 g/mol. The molecule has 3 nitrogen and oxygen atoms in total. The van der Waals surface area contributed by atoms with E-state index in [9.17, 15) is 4.79 Å². The highest BCUT2D eigenvalue weighted by atomic mass is 35.5. The summed E-state index contributed by atoms with van der Waals surface area (Å²) in [6.45, 7) is 3.66. The third-order valence-electron chi connectivity index (χ3n) is 3.34. The molecule has 0 bridgehead atoms. The summed E-state index contributed by atoms with van der Waals surface area (Å²) < 4.78 is 0. The van der Waals surface area contributed by atoms with Crippen molar-refractivity contribution in [2.45, 2.75) is 32.2 Å². The highest BCUT2D eigenvalue weighted by Gasteiger charge is 2.14. The van der Waals surface area contributed by atoms with E-state index in [4.69, 9.17) is 11.6 Å². The van der Waals surface area contributed by atoms with Gasteiger partial charge in [0.2, 0.25) is 0 Å². The van der Waals surface area contributed by atoms with E-state index in [1.165, 1.54) is 12.8 Å². The zero-order valence-corrected chi connectivity index (χ0v) is 11.4. The van der Waals surface area contributed by atoms with Gasteiger partial charge in [-0.1, -0.05) is 18.0 Å². The third kappa shape index (κ3) is 3.47. The molecule has 1 heterocycles. The van der Waals surface area contributed by atoms with Gasteiger partial charge in [0.1, 0.15) is 0 Å². The molecule has 18 heavy (non-hydrogen) atoms. The number of rotatable bonds is 3. The predicted molar refractivity (Wildman–Crippen MR) is 74.2 cm³/mol. The molecule has 0 saturated carbocycles. The van der Waals surface area contributed by atoms with E-state index in [1.807, 2.05) is 13.0 Å². The zero-order valence-electron chi connectivity index (χ0n) is 10.6. The maximum Gasteiger partial charge on any atom is 0.251 e. The molecule has 1 unspecified atom stereocenters. The first-order valence-electron chi connectivity index (χ1n) is 6.44. The molecule has 1 fully saturated rings. The summed E-state index contributed by atoms with van der Waals surface area (Å²) in [5.41, 5.74) is 1.60. The Bertz CT molecular complexity index is 428. The third-order valence-corrected chi connectivity index (χ3v) is 3.77. The van der Waals surface area contributed by atoms with Crippen molar-refractivity contribution in [1.82, 2.24) is 10.6 Å². The smallest absolute Gasteiger partial charge is 0.251 e. The first-order chi connectivity index (χ1) is 8.66. The standard InChI is InChI=1S/C14H19ClN2O/c1-10-8-11(5-6-13(10)15)14(18)17-9-12-4-2-3-7-16-12/h5-6,8,12,16H,2-4,7,9H2,1H3,(H,17,18). The Morgan fingerprint density at radius 2 is 2.33 bits per heavy atom. The summed E-state index contributed by atoms with van der Waals surface area (Å²) in [5, 5.41) is 7.08. The van der Waals surface area contributed by atoms with Crippen LogP contribution in [0.25, 0.3) is 0 Å². The molecule has 0 spiro atoms. The minimum atomic E-state index is -0.0258. The van der Waals surface area contributed by atoms with Crippen LogP contribution in [0.5, 0.6) is 0 Å². The molecule has 1 aromatic carbocycles. The van der Waals surface area contributed by atoms with E-state index in [1.54, 1.807) is 12.1 Å². The van der Waals surface area contributed by atoms with Gasteiger partial charge in [-0.05, 0) is 50.1 Å². The number of halogens is 1. The molecule has 1 aliphatic rings. The number of piperidine rings is 1. The molecule has 4 heteroatoms. The Balaban J connectivity index is 1.88. The Morgan fingerprint density at radius 1 is 1.50 bits per heavy atom. The molecule has 1 amide bonds. The summed E-state index contributed by atoms with van der Waals surface area (Å²) in [4.78, 5) is 12.0. The van der Waals surface area contributed by atoms with Crippen LogP contribution in [0.1, 0.15) is 35.2 Å². The van der Waals surface area contributed by atoms with Crippen molar-refractivity contribution in [2.75, 3.05) is 13.1 Å². The fraction of sp³-hybridized carbons (Fsp3) is 0.500. The number of aryl methyl sites for hydroxylation is 1. The van der Waals surface area contributed by atoms with Crippen molar-refractivity contribution in [1.29, 1.82) is 0 Å². The Kier molecular flexibility index (Phi) is 4.61. The number of hydrogen-bond donors (Lipinski definition) is 2. The van der Waals surface area contributed by atoms with Gasteiger partial charge in [-0.2, -0.15) is 0 Å². The number of amides is 1. The second-order valence-electron chi connectivity index (χ2n) is 4.82. The molecule has 0 aromatic heterocycles. The number of benzene rings is 1. The quantitative estimate of drug-likeness (QED) is 0.883. The lowest BCUT2D eigenvalue weighted by Crippen LogP contribution is -2.43. The van der Waals surface area contributed by atoms with Crippen LogP contribution in [-0.2, 0) is 0 Å². The Hall–Kier alpha value is -1.06. The molecule has 98 valence electrons. The first kappa shape index (κ1) is 13.4. The maximum atomic E-state index is 12.0. The van der Waals surface area contributed by atoms with Crippen LogP contribution < -0.4 is 10.6 Å². The van der Waals surface area contributed by atoms with Crippen molar-refractivity contribution in [3.63, 3.8) is 0 Å². The van der Waals surface area contributed by atoms with Gasteiger partial charge in [-0.3, -0.25) is 4.79 Å². The van der Waals surface area contributed by atoms with Gasteiger partial charge in [0.15, 0.2) is 0 Å². The summed E-state index contributed by atoms with van der Waals surface area (Å²) in [7, 11) is 0. The number of hydrogen-bond acceptors (Lipinski definition) is 2. The fourth-order valence-corrected chi connectivity index (χ4v) is 2.32. The lowest BCUT2D eigenvalue weighted by atomic mass is 10.0. The van der Waals surface area contributed by atoms with Gasteiger partial charge in [0.05, 0.1) is 0 Å². The second-order valence-corrected chi connectivity index (χ2v) is 5.23. The highest BCUT2D eigenvalue weighted by Crippen LogP contribution is 2.16. The summed E-state index contributed by atoms with van der Waals surface area (Å²) in [6, 6.07) is 5.77. The molecule has 2 N–H and O–H groups in total. The molecular formula is C14H19ClN2O. The van der Waals surface area contributed by atoms with Gasteiger partial charge in [-0.25, -0.2) is 0 Å². The van der Waals surface area contributed by atoms with Gasteiger partial charge >= 0.3 is 0 Å². The lowest BCUT2D eigenvalue weighted by molar-refractivity contribution is 0.0947. The van der Waals surface area contributed by atoms with Crippen LogP contribution in [0.2, 0.25) is 5.02 Å². The van der Waals surface area contributed by atoms with E-state index in [0.717, 1.165) is 18.5 Å². The normalized spacial score (nSPS) is 19.6. The van der Waals surface area contributed by atoms with Crippen LogP contribution in [-0.4, -0.2) is 25.0 Å². The summed E-state index contributed by atoms with van der Waals surface area (Å²) in [5.74, 6) is -0.0258. The van der Waals surface area contributed by atoms with Gasteiger partial charge in [0.25, 0.3) is 5.91 Å². The molecule has 1 saturated heterocycles. The maximum absolute atomic E-state index is 12.0. The number of carbonyl (C=O) groups is 1. The van der Waals surface area contributed by atoms with Gasteiger partial charge in [-0.15, -0.1) is 0 Å². The van der Waals surface area contributed by atoms with Crippen LogP contribution in [0.3, 0.4) is 0 Å². The largest absolute Gasteiger partial charge is 0.350 e. The van der Waals surface area contributed by atoms with Crippen molar-refractivity contribution in [3.05, 3.63) is 34.3 Å². The summed E-state index contributed by atoms with van der Waals surface area (Å²) >= 11 is 5.94. The minimum Gasteiger partial charge on any atom is -0.350 e. The Morgan fingerprint density at radius 3 is 3.00 bits per heavy atom. The van der Waals surface area contributed by atoms with E-state index in [-0.39, 0.29) is 5.91 Å². The minimum absolute atomic E-state index is 0.0258.